The number of rotatable bonds is 6. The van der Waals surface area contributed by atoms with Crippen molar-refractivity contribution in [2.45, 2.75) is 16.8 Å². The summed E-state index contributed by atoms with van der Waals surface area (Å²) in [7, 11) is 0. The smallest absolute Gasteiger partial charge is 0.247 e. The molecule has 0 saturated carbocycles. The number of nitrogens with zero attached hydrogens (tertiary/aromatic N) is 3. The van der Waals surface area contributed by atoms with Crippen LogP contribution in [0.3, 0.4) is 0 Å². The topological polar surface area (TPSA) is 72.4 Å². The van der Waals surface area contributed by atoms with E-state index in [2.05, 4.69) is 4.98 Å². The van der Waals surface area contributed by atoms with Crippen LogP contribution >= 0.6 is 23.4 Å². The van der Waals surface area contributed by atoms with Crippen LogP contribution in [-0.2, 0) is 9.59 Å². The van der Waals surface area contributed by atoms with Gasteiger partial charge in [0.15, 0.2) is 5.16 Å². The van der Waals surface area contributed by atoms with Gasteiger partial charge in [-0.3, -0.25) is 9.59 Å². The SMILES string of the molecule is O=C1CC(Sc2nc(-c3ccccc3)c3cc(Cl)ccc3n2)C(=O)N1c1ccc(Oc2ccccc2)cc1. The van der Waals surface area contributed by atoms with Crippen LogP contribution in [0.2, 0.25) is 5.02 Å². The highest BCUT2D eigenvalue weighted by Crippen LogP contribution is 2.36. The predicted octanol–water partition coefficient (Wildman–Crippen LogP) is 7.17. The molecule has 1 saturated heterocycles. The van der Waals surface area contributed by atoms with Crippen LogP contribution in [0.25, 0.3) is 22.2 Å². The van der Waals surface area contributed by atoms with Crippen molar-refractivity contribution >= 4 is 51.8 Å². The van der Waals surface area contributed by atoms with E-state index < -0.39 is 5.25 Å². The number of halogens is 1. The van der Waals surface area contributed by atoms with Crippen molar-refractivity contribution in [3.8, 4) is 22.8 Å². The van der Waals surface area contributed by atoms with Crippen LogP contribution in [-0.4, -0.2) is 27.0 Å². The summed E-state index contributed by atoms with van der Waals surface area (Å²) >= 11 is 7.46. The highest BCUT2D eigenvalue weighted by atomic mass is 35.5. The predicted molar refractivity (Wildman–Crippen MR) is 150 cm³/mol. The summed E-state index contributed by atoms with van der Waals surface area (Å²) in [4.78, 5) is 36.9. The van der Waals surface area contributed by atoms with Crippen LogP contribution in [0.15, 0.2) is 108 Å². The third-order valence-electron chi connectivity index (χ3n) is 6.11. The summed E-state index contributed by atoms with van der Waals surface area (Å²) in [6.45, 7) is 0. The van der Waals surface area contributed by atoms with Crippen molar-refractivity contribution in [1.29, 1.82) is 0 Å². The van der Waals surface area contributed by atoms with Gasteiger partial charge in [-0.1, -0.05) is 71.9 Å². The molecule has 0 bridgehead atoms. The Morgan fingerprint density at radius 3 is 2.24 bits per heavy atom. The van der Waals surface area contributed by atoms with E-state index in [4.69, 9.17) is 21.3 Å². The number of imide groups is 1. The van der Waals surface area contributed by atoms with E-state index in [0.29, 0.717) is 32.9 Å². The van der Waals surface area contributed by atoms with E-state index in [1.165, 1.54) is 16.7 Å². The minimum absolute atomic E-state index is 0.0639. The number of aromatic nitrogens is 2. The molecule has 186 valence electrons. The fourth-order valence-electron chi connectivity index (χ4n) is 4.33. The fourth-order valence-corrected chi connectivity index (χ4v) is 5.48. The molecule has 4 aromatic carbocycles. The van der Waals surface area contributed by atoms with Gasteiger partial charge in [-0.05, 0) is 54.6 Å². The molecule has 38 heavy (non-hydrogen) atoms. The lowest BCUT2D eigenvalue weighted by atomic mass is 10.1. The lowest BCUT2D eigenvalue weighted by molar-refractivity contribution is -0.121. The minimum atomic E-state index is -0.629. The summed E-state index contributed by atoms with van der Waals surface area (Å²) in [5.41, 5.74) is 2.86. The first-order chi connectivity index (χ1) is 18.5. The zero-order valence-corrected chi connectivity index (χ0v) is 21.5. The Morgan fingerprint density at radius 1 is 0.816 bits per heavy atom. The van der Waals surface area contributed by atoms with Gasteiger partial charge in [0.2, 0.25) is 11.8 Å². The maximum absolute atomic E-state index is 13.3. The average molecular weight is 538 g/mol. The van der Waals surface area contributed by atoms with Crippen molar-refractivity contribution in [2.75, 3.05) is 4.90 Å². The van der Waals surface area contributed by atoms with Crippen LogP contribution in [0.4, 0.5) is 5.69 Å². The molecule has 0 radical (unpaired) electrons. The Kier molecular flexibility index (Phi) is 6.54. The molecule has 6 nitrogen and oxygen atoms in total. The third-order valence-corrected chi connectivity index (χ3v) is 7.39. The Hall–Kier alpha value is -4.20. The molecule has 0 spiro atoms. The first-order valence-electron chi connectivity index (χ1n) is 11.9. The van der Waals surface area contributed by atoms with E-state index in [-0.39, 0.29) is 18.2 Å². The normalized spacial score (nSPS) is 15.3. The van der Waals surface area contributed by atoms with Crippen molar-refractivity contribution in [3.05, 3.63) is 108 Å². The molecule has 0 aliphatic carbocycles. The molecule has 6 rings (SSSR count). The number of benzene rings is 4. The van der Waals surface area contributed by atoms with Gasteiger partial charge in [0.05, 0.1) is 16.9 Å². The summed E-state index contributed by atoms with van der Waals surface area (Å²) in [6.07, 6.45) is 0.0639. The Bertz CT molecular complexity index is 1650. The van der Waals surface area contributed by atoms with E-state index >= 15 is 0 Å². The second kappa shape index (κ2) is 10.3. The summed E-state index contributed by atoms with van der Waals surface area (Å²) in [5.74, 6) is 0.763. The first-order valence-corrected chi connectivity index (χ1v) is 13.2. The zero-order valence-electron chi connectivity index (χ0n) is 20.0. The highest BCUT2D eigenvalue weighted by Gasteiger charge is 2.40. The molecular formula is C30H20ClN3O3S. The molecule has 8 heteroatoms. The van der Waals surface area contributed by atoms with Gasteiger partial charge in [0, 0.05) is 22.4 Å². The summed E-state index contributed by atoms with van der Waals surface area (Å²) < 4.78 is 5.82. The molecular weight excluding hydrogens is 518 g/mol. The van der Waals surface area contributed by atoms with Gasteiger partial charge in [-0.2, -0.15) is 0 Å². The Morgan fingerprint density at radius 2 is 1.50 bits per heavy atom. The number of amides is 2. The minimum Gasteiger partial charge on any atom is -0.457 e. The first kappa shape index (κ1) is 24.2. The number of carbonyl (C=O) groups is 2. The maximum atomic E-state index is 13.3. The highest BCUT2D eigenvalue weighted by molar-refractivity contribution is 8.00. The number of fused-ring (bicyclic) bond motifs is 1. The lowest BCUT2D eigenvalue weighted by Crippen LogP contribution is -2.31. The van der Waals surface area contributed by atoms with E-state index in [0.717, 1.165) is 16.6 Å². The number of para-hydroxylation sites is 1. The second-order valence-electron chi connectivity index (χ2n) is 8.67. The summed E-state index contributed by atoms with van der Waals surface area (Å²) in [5, 5.41) is 1.21. The van der Waals surface area contributed by atoms with Crippen molar-refractivity contribution in [2.24, 2.45) is 0 Å². The molecule has 2 heterocycles. The zero-order chi connectivity index (χ0) is 26.1. The molecule has 1 aliphatic heterocycles. The van der Waals surface area contributed by atoms with Crippen molar-refractivity contribution in [3.63, 3.8) is 0 Å². The number of anilines is 1. The standard InChI is InChI=1S/C30H20ClN3O3S/c31-20-11-16-25-24(17-20)28(19-7-3-1-4-8-19)33-30(32-25)38-26-18-27(35)34(29(26)36)21-12-14-23(15-13-21)37-22-9-5-2-6-10-22/h1-17,26H,18H2. The molecule has 1 aromatic heterocycles. The third kappa shape index (κ3) is 4.86. The van der Waals surface area contributed by atoms with Gasteiger partial charge in [-0.25, -0.2) is 14.9 Å². The van der Waals surface area contributed by atoms with E-state index in [1.807, 2.05) is 72.8 Å². The van der Waals surface area contributed by atoms with Gasteiger partial charge < -0.3 is 4.74 Å². The van der Waals surface area contributed by atoms with E-state index in [1.54, 1.807) is 30.3 Å². The largest absolute Gasteiger partial charge is 0.457 e. The summed E-state index contributed by atoms with van der Waals surface area (Å²) in [6, 6.07) is 31.5. The number of thioether (sulfide) groups is 1. The van der Waals surface area contributed by atoms with E-state index in [9.17, 15) is 9.59 Å². The van der Waals surface area contributed by atoms with Crippen molar-refractivity contribution < 1.29 is 14.3 Å². The van der Waals surface area contributed by atoms with Gasteiger partial charge in [0.25, 0.3) is 0 Å². The monoisotopic (exact) mass is 537 g/mol. The number of hydrogen-bond donors (Lipinski definition) is 0. The van der Waals surface area contributed by atoms with Gasteiger partial charge in [-0.15, -0.1) is 0 Å². The van der Waals surface area contributed by atoms with Gasteiger partial charge >= 0.3 is 0 Å². The molecule has 5 aromatic rings. The maximum Gasteiger partial charge on any atom is 0.247 e. The van der Waals surface area contributed by atoms with Crippen LogP contribution in [0.1, 0.15) is 6.42 Å². The number of hydrogen-bond acceptors (Lipinski definition) is 6. The molecule has 1 fully saturated rings. The fraction of sp³-hybridized carbons (Fsp3) is 0.0667. The lowest BCUT2D eigenvalue weighted by Gasteiger charge is -2.16. The van der Waals surface area contributed by atoms with Crippen molar-refractivity contribution in [1.82, 2.24) is 9.97 Å². The van der Waals surface area contributed by atoms with Crippen LogP contribution < -0.4 is 9.64 Å². The average Bonchev–Trinajstić information content (AvgIpc) is 3.22. The quantitative estimate of drug-likeness (QED) is 0.169. The molecule has 1 atom stereocenters. The number of ether oxygens (including phenoxy) is 1. The molecule has 1 unspecified atom stereocenters. The van der Waals surface area contributed by atoms with Crippen LogP contribution in [0.5, 0.6) is 11.5 Å². The van der Waals surface area contributed by atoms with Crippen LogP contribution in [0, 0.1) is 0 Å². The molecule has 0 N–H and O–H groups in total. The second-order valence-corrected chi connectivity index (χ2v) is 10.3. The molecule has 2 amide bonds. The molecule has 1 aliphatic rings. The Labute approximate surface area is 228 Å². The Balaban J connectivity index is 1.25. The van der Waals surface area contributed by atoms with Gasteiger partial charge in [0.1, 0.15) is 16.7 Å². The number of carbonyl (C=O) groups excluding carboxylic acids is 2.